The van der Waals surface area contributed by atoms with E-state index >= 15 is 0 Å². The number of hydrogen-bond acceptors (Lipinski definition) is 6. The molecule has 3 aromatic rings. The van der Waals surface area contributed by atoms with Gasteiger partial charge in [-0.2, -0.15) is 0 Å². The molecule has 140 valence electrons. The number of nitrogens with zero attached hydrogens (tertiary/aromatic N) is 2. The van der Waals surface area contributed by atoms with Gasteiger partial charge in [-0.3, -0.25) is 9.59 Å². The standard InChI is InChI=1S/C18H17BrN4O2S2/c1-10-11(2)27-18-16(10)17(21-9-22-18)26-8-15(25)20-7-14(24)23-13-6-4-3-5-12(13)19/h3-6,9H,7-8H2,1-2H3,(H,20,25)(H,23,24). The lowest BCUT2D eigenvalue weighted by Crippen LogP contribution is -2.33. The molecular formula is C18H17BrN4O2S2. The van der Waals surface area contributed by atoms with Gasteiger partial charge in [0.05, 0.1) is 18.0 Å². The first-order valence-electron chi connectivity index (χ1n) is 8.10. The lowest BCUT2D eigenvalue weighted by atomic mass is 10.2. The van der Waals surface area contributed by atoms with Crippen LogP contribution >= 0.6 is 39.0 Å². The lowest BCUT2D eigenvalue weighted by Gasteiger charge is -2.08. The Morgan fingerprint density at radius 1 is 1.19 bits per heavy atom. The third-order valence-corrected chi connectivity index (χ3v) is 6.66. The van der Waals surface area contributed by atoms with Crippen LogP contribution in [-0.2, 0) is 9.59 Å². The van der Waals surface area contributed by atoms with Gasteiger partial charge in [-0.05, 0) is 47.5 Å². The van der Waals surface area contributed by atoms with Gasteiger partial charge in [-0.25, -0.2) is 9.97 Å². The minimum atomic E-state index is -0.283. The molecule has 2 heterocycles. The van der Waals surface area contributed by atoms with E-state index in [-0.39, 0.29) is 24.1 Å². The van der Waals surface area contributed by atoms with Crippen LogP contribution in [0.25, 0.3) is 10.2 Å². The molecule has 2 aromatic heterocycles. The molecule has 0 aliphatic heterocycles. The van der Waals surface area contributed by atoms with E-state index in [2.05, 4.69) is 36.5 Å². The molecule has 3 rings (SSSR count). The number of carbonyl (C=O) groups is 2. The van der Waals surface area contributed by atoms with Crippen molar-refractivity contribution in [2.45, 2.75) is 18.9 Å². The number of hydrogen-bond donors (Lipinski definition) is 2. The molecule has 0 fully saturated rings. The summed E-state index contributed by atoms with van der Waals surface area (Å²) in [7, 11) is 0. The van der Waals surface area contributed by atoms with Crippen molar-refractivity contribution in [3.8, 4) is 0 Å². The Labute approximate surface area is 173 Å². The summed E-state index contributed by atoms with van der Waals surface area (Å²) in [5.74, 6) is -0.324. The van der Waals surface area contributed by atoms with Crippen LogP contribution in [0.5, 0.6) is 0 Å². The van der Waals surface area contributed by atoms with Gasteiger partial charge in [0.15, 0.2) is 0 Å². The van der Waals surface area contributed by atoms with Crippen molar-refractivity contribution in [1.29, 1.82) is 0 Å². The number of halogens is 1. The Kier molecular flexibility index (Phi) is 6.46. The van der Waals surface area contributed by atoms with Gasteiger partial charge in [0.1, 0.15) is 16.2 Å². The number of benzene rings is 1. The molecule has 2 amide bonds. The zero-order chi connectivity index (χ0) is 19.4. The van der Waals surface area contributed by atoms with Crippen LogP contribution in [-0.4, -0.2) is 34.1 Å². The fraction of sp³-hybridized carbons (Fsp3) is 0.222. The molecule has 0 atom stereocenters. The third kappa shape index (κ3) is 4.85. The van der Waals surface area contributed by atoms with E-state index in [1.165, 1.54) is 23.0 Å². The smallest absolute Gasteiger partial charge is 0.243 e. The first-order chi connectivity index (χ1) is 13.0. The Hall–Kier alpha value is -1.97. The summed E-state index contributed by atoms with van der Waals surface area (Å²) in [6.45, 7) is 4.00. The van der Waals surface area contributed by atoms with Crippen molar-refractivity contribution in [3.05, 3.63) is 45.5 Å². The number of anilines is 1. The van der Waals surface area contributed by atoms with Gasteiger partial charge < -0.3 is 10.6 Å². The fourth-order valence-electron chi connectivity index (χ4n) is 2.38. The number of thiophene rings is 1. The molecule has 9 heteroatoms. The van der Waals surface area contributed by atoms with E-state index < -0.39 is 0 Å². The molecule has 0 saturated heterocycles. The highest BCUT2D eigenvalue weighted by atomic mass is 79.9. The second-order valence-corrected chi connectivity index (χ2v) is 8.76. The van der Waals surface area contributed by atoms with Crippen LogP contribution < -0.4 is 10.6 Å². The van der Waals surface area contributed by atoms with Crippen LogP contribution in [0.2, 0.25) is 0 Å². The van der Waals surface area contributed by atoms with Crippen LogP contribution in [0.15, 0.2) is 40.1 Å². The number of thioether (sulfide) groups is 1. The normalized spacial score (nSPS) is 10.8. The minimum Gasteiger partial charge on any atom is -0.346 e. The average Bonchev–Trinajstić information content (AvgIpc) is 2.95. The molecule has 0 spiro atoms. The van der Waals surface area contributed by atoms with Gasteiger partial charge in [-0.1, -0.05) is 23.9 Å². The van der Waals surface area contributed by atoms with Crippen LogP contribution in [0, 0.1) is 13.8 Å². The maximum atomic E-state index is 12.1. The van der Waals surface area contributed by atoms with Crippen molar-refractivity contribution in [1.82, 2.24) is 15.3 Å². The predicted octanol–water partition coefficient (Wildman–Crippen LogP) is 3.92. The zero-order valence-corrected chi connectivity index (χ0v) is 17.9. The largest absolute Gasteiger partial charge is 0.346 e. The third-order valence-electron chi connectivity index (χ3n) is 3.86. The van der Waals surface area contributed by atoms with Crippen molar-refractivity contribution in [2.24, 2.45) is 0 Å². The Balaban J connectivity index is 1.53. The molecule has 0 bridgehead atoms. The van der Waals surface area contributed by atoms with Gasteiger partial charge in [0.25, 0.3) is 0 Å². The molecule has 0 radical (unpaired) electrons. The Bertz CT molecular complexity index is 1010. The molecule has 6 nitrogen and oxygen atoms in total. The van der Waals surface area contributed by atoms with Gasteiger partial charge in [0, 0.05) is 14.7 Å². The highest BCUT2D eigenvalue weighted by Gasteiger charge is 2.14. The molecule has 0 unspecified atom stereocenters. The van der Waals surface area contributed by atoms with E-state index in [9.17, 15) is 9.59 Å². The van der Waals surface area contributed by atoms with E-state index in [0.717, 1.165) is 25.3 Å². The highest BCUT2D eigenvalue weighted by molar-refractivity contribution is 9.10. The number of carbonyl (C=O) groups excluding carboxylic acids is 2. The van der Waals surface area contributed by atoms with Crippen LogP contribution in [0.1, 0.15) is 10.4 Å². The number of fused-ring (bicyclic) bond motifs is 1. The molecule has 1 aromatic carbocycles. The van der Waals surface area contributed by atoms with E-state index in [1.807, 2.05) is 32.0 Å². The molecular weight excluding hydrogens is 448 g/mol. The average molecular weight is 465 g/mol. The second kappa shape index (κ2) is 8.81. The van der Waals surface area contributed by atoms with Crippen molar-refractivity contribution < 1.29 is 9.59 Å². The Morgan fingerprint density at radius 2 is 1.96 bits per heavy atom. The van der Waals surface area contributed by atoms with E-state index in [1.54, 1.807) is 17.4 Å². The predicted molar refractivity (Wildman–Crippen MR) is 113 cm³/mol. The fourth-order valence-corrected chi connectivity index (χ4v) is 4.71. The maximum Gasteiger partial charge on any atom is 0.243 e. The van der Waals surface area contributed by atoms with Gasteiger partial charge in [0.2, 0.25) is 11.8 Å². The zero-order valence-electron chi connectivity index (χ0n) is 14.7. The van der Waals surface area contributed by atoms with Crippen LogP contribution in [0.3, 0.4) is 0 Å². The number of aromatic nitrogens is 2. The summed E-state index contributed by atoms with van der Waals surface area (Å²) in [6, 6.07) is 7.30. The van der Waals surface area contributed by atoms with E-state index in [4.69, 9.17) is 0 Å². The summed E-state index contributed by atoms with van der Waals surface area (Å²) in [5.41, 5.74) is 1.81. The number of rotatable bonds is 6. The molecule has 27 heavy (non-hydrogen) atoms. The van der Waals surface area contributed by atoms with Crippen molar-refractivity contribution in [3.63, 3.8) is 0 Å². The lowest BCUT2D eigenvalue weighted by molar-refractivity contribution is -0.122. The summed E-state index contributed by atoms with van der Waals surface area (Å²) >= 11 is 6.34. The summed E-state index contributed by atoms with van der Waals surface area (Å²) in [4.78, 5) is 34.8. The maximum absolute atomic E-state index is 12.1. The molecule has 0 aliphatic rings. The highest BCUT2D eigenvalue weighted by Crippen LogP contribution is 2.34. The monoisotopic (exact) mass is 464 g/mol. The van der Waals surface area contributed by atoms with Gasteiger partial charge >= 0.3 is 0 Å². The minimum absolute atomic E-state index is 0.0868. The Morgan fingerprint density at radius 3 is 2.74 bits per heavy atom. The van der Waals surface area contributed by atoms with Crippen molar-refractivity contribution >= 4 is 66.7 Å². The molecule has 2 N–H and O–H groups in total. The number of amides is 2. The van der Waals surface area contributed by atoms with Crippen LogP contribution in [0.4, 0.5) is 5.69 Å². The van der Waals surface area contributed by atoms with Crippen molar-refractivity contribution in [2.75, 3.05) is 17.6 Å². The second-order valence-electron chi connectivity index (χ2n) is 5.74. The topological polar surface area (TPSA) is 84.0 Å². The summed E-state index contributed by atoms with van der Waals surface area (Å²) < 4.78 is 0.787. The number of para-hydroxylation sites is 1. The molecule has 0 saturated carbocycles. The summed E-state index contributed by atoms with van der Waals surface area (Å²) in [5, 5.41) is 7.17. The summed E-state index contributed by atoms with van der Waals surface area (Å²) in [6.07, 6.45) is 1.52. The first kappa shape index (κ1) is 19.8. The van der Waals surface area contributed by atoms with Gasteiger partial charge in [-0.15, -0.1) is 11.3 Å². The number of aryl methyl sites for hydroxylation is 2. The molecule has 0 aliphatic carbocycles. The SMILES string of the molecule is Cc1sc2ncnc(SCC(=O)NCC(=O)Nc3ccccc3Br)c2c1C. The quantitative estimate of drug-likeness (QED) is 0.426. The number of nitrogens with one attached hydrogen (secondary N) is 2. The van der Waals surface area contributed by atoms with E-state index in [0.29, 0.717) is 5.69 Å². The first-order valence-corrected chi connectivity index (χ1v) is 10.7.